The molecule has 0 amide bonds. The molecule has 0 spiro atoms. The van der Waals surface area contributed by atoms with Crippen LogP contribution in [0.25, 0.3) is 0 Å². The van der Waals surface area contributed by atoms with Gasteiger partial charge in [-0.15, -0.1) is 0 Å². The van der Waals surface area contributed by atoms with Gasteiger partial charge in [-0.1, -0.05) is 6.07 Å². The fraction of sp³-hybridized carbons (Fsp3) is 0.600. The van der Waals surface area contributed by atoms with Gasteiger partial charge in [-0.2, -0.15) is 8.78 Å². The van der Waals surface area contributed by atoms with Crippen molar-refractivity contribution >= 4 is 0 Å². The third kappa shape index (κ3) is 4.28. The molecule has 1 aliphatic heterocycles. The average molecular weight is 300 g/mol. The number of hydrogen-bond donors (Lipinski definition) is 1. The summed E-state index contributed by atoms with van der Waals surface area (Å²) >= 11 is 0. The Morgan fingerprint density at radius 3 is 2.76 bits per heavy atom. The second-order valence-electron chi connectivity index (χ2n) is 5.45. The second-order valence-corrected chi connectivity index (χ2v) is 5.45. The minimum Gasteiger partial charge on any atom is -0.492 e. The maximum absolute atomic E-state index is 12.5. The van der Waals surface area contributed by atoms with E-state index in [1.165, 1.54) is 6.07 Å². The van der Waals surface area contributed by atoms with Gasteiger partial charge in [0.2, 0.25) is 0 Å². The molecule has 0 aromatic heterocycles. The third-order valence-corrected chi connectivity index (χ3v) is 3.81. The van der Waals surface area contributed by atoms with Crippen LogP contribution in [0.1, 0.15) is 31.4 Å². The molecule has 1 aromatic carbocycles. The predicted molar refractivity (Wildman–Crippen MR) is 76.8 cm³/mol. The van der Waals surface area contributed by atoms with Crippen molar-refractivity contribution in [1.82, 2.24) is 4.90 Å². The summed E-state index contributed by atoms with van der Waals surface area (Å²) in [6.07, 6.45) is 2.25. The predicted octanol–water partition coefficient (Wildman–Crippen LogP) is 2.78. The van der Waals surface area contributed by atoms with E-state index < -0.39 is 6.61 Å². The molecule has 0 saturated carbocycles. The number of nitrogens with zero attached hydrogens (tertiary/aromatic N) is 1. The Hall–Kier alpha value is -1.40. The number of halogens is 2. The van der Waals surface area contributed by atoms with Gasteiger partial charge in [-0.3, -0.25) is 0 Å². The number of hydrogen-bond acceptors (Lipinski definition) is 4. The molecule has 0 radical (unpaired) electrons. The van der Waals surface area contributed by atoms with E-state index in [2.05, 4.69) is 16.7 Å². The third-order valence-electron chi connectivity index (χ3n) is 3.81. The highest BCUT2D eigenvalue weighted by Crippen LogP contribution is 2.30. The van der Waals surface area contributed by atoms with Crippen molar-refractivity contribution in [2.75, 3.05) is 20.2 Å². The highest BCUT2D eigenvalue weighted by Gasteiger charge is 2.21. The first-order chi connectivity index (χ1) is 9.97. The summed E-state index contributed by atoms with van der Waals surface area (Å²) < 4.78 is 35.2. The molecule has 1 aromatic rings. The summed E-state index contributed by atoms with van der Waals surface area (Å²) in [6.45, 7) is 0.458. The highest BCUT2D eigenvalue weighted by atomic mass is 19.3. The van der Waals surface area contributed by atoms with Gasteiger partial charge in [0, 0.05) is 23.7 Å². The van der Waals surface area contributed by atoms with E-state index in [4.69, 9.17) is 10.5 Å². The molecular weight excluding hydrogens is 278 g/mol. The molecule has 21 heavy (non-hydrogen) atoms. The van der Waals surface area contributed by atoms with Gasteiger partial charge in [0.25, 0.3) is 0 Å². The molecule has 0 aliphatic carbocycles. The van der Waals surface area contributed by atoms with Crippen molar-refractivity contribution in [2.45, 2.75) is 38.5 Å². The average Bonchev–Trinajstić information content (AvgIpc) is 2.81. The highest BCUT2D eigenvalue weighted by molar-refractivity contribution is 5.42. The lowest BCUT2D eigenvalue weighted by Gasteiger charge is -2.20. The zero-order chi connectivity index (χ0) is 15.4. The molecule has 2 rings (SSSR count). The lowest BCUT2D eigenvalue weighted by Crippen LogP contribution is -2.30. The molecule has 6 heteroatoms. The second kappa shape index (κ2) is 7.04. The van der Waals surface area contributed by atoms with Gasteiger partial charge >= 0.3 is 6.61 Å². The summed E-state index contributed by atoms with van der Waals surface area (Å²) in [6, 6.07) is 4.90. The van der Waals surface area contributed by atoms with E-state index in [1.807, 2.05) is 0 Å². The molecule has 4 nitrogen and oxygen atoms in total. The van der Waals surface area contributed by atoms with Crippen molar-refractivity contribution in [2.24, 2.45) is 5.73 Å². The molecule has 1 heterocycles. The Kier molecular flexibility index (Phi) is 5.36. The summed E-state index contributed by atoms with van der Waals surface area (Å²) in [5, 5.41) is 0. The number of likely N-dealkylation sites (tertiary alicyclic amines) is 1. The molecule has 118 valence electrons. The van der Waals surface area contributed by atoms with Crippen molar-refractivity contribution < 1.29 is 18.3 Å². The van der Waals surface area contributed by atoms with Crippen LogP contribution in [-0.4, -0.2) is 37.8 Å². The van der Waals surface area contributed by atoms with E-state index in [9.17, 15) is 8.78 Å². The van der Waals surface area contributed by atoms with Crippen molar-refractivity contribution in [3.05, 3.63) is 23.8 Å². The Bertz CT molecular complexity index is 469. The molecular formula is C15H22F2N2O2. The van der Waals surface area contributed by atoms with Crippen LogP contribution in [0.2, 0.25) is 0 Å². The Morgan fingerprint density at radius 2 is 2.19 bits per heavy atom. The van der Waals surface area contributed by atoms with Gasteiger partial charge in [-0.05, 0) is 39.4 Å². The molecule has 2 N–H and O–H groups in total. The quantitative estimate of drug-likeness (QED) is 0.877. The van der Waals surface area contributed by atoms with Crippen molar-refractivity contribution in [3.63, 3.8) is 0 Å². The minimum atomic E-state index is -2.88. The fourth-order valence-electron chi connectivity index (χ4n) is 2.56. The standard InChI is InChI=1S/C15H22F2N2O2/c1-10(18)13-6-5-12(8-14(13)21-15(16)17)20-9-11-4-3-7-19(11)2/h5-6,8,10-11,15H,3-4,7,9,18H2,1-2H3/t10-,11+/m0/s1. The van der Waals surface area contributed by atoms with E-state index >= 15 is 0 Å². The number of ether oxygens (including phenoxy) is 2. The lowest BCUT2D eigenvalue weighted by molar-refractivity contribution is -0.0506. The largest absolute Gasteiger partial charge is 0.492 e. The molecule has 1 fully saturated rings. The Balaban J connectivity index is 2.06. The number of rotatable bonds is 6. The van der Waals surface area contributed by atoms with Gasteiger partial charge in [0.05, 0.1) is 0 Å². The Morgan fingerprint density at radius 1 is 1.43 bits per heavy atom. The minimum absolute atomic E-state index is 0.0808. The van der Waals surface area contributed by atoms with E-state index in [1.54, 1.807) is 19.1 Å². The van der Waals surface area contributed by atoms with Crippen LogP contribution < -0.4 is 15.2 Å². The topological polar surface area (TPSA) is 47.7 Å². The van der Waals surface area contributed by atoms with Gasteiger partial charge in [0.1, 0.15) is 18.1 Å². The molecule has 0 unspecified atom stereocenters. The van der Waals surface area contributed by atoms with Gasteiger partial charge < -0.3 is 20.1 Å². The number of nitrogens with two attached hydrogens (primary N) is 1. The summed E-state index contributed by atoms with van der Waals surface area (Å²) in [7, 11) is 2.06. The maximum Gasteiger partial charge on any atom is 0.387 e. The summed E-state index contributed by atoms with van der Waals surface area (Å²) in [5.74, 6) is 0.604. The van der Waals surface area contributed by atoms with Crippen LogP contribution in [0, 0.1) is 0 Å². The molecule has 1 saturated heterocycles. The molecule has 0 bridgehead atoms. The fourth-order valence-corrected chi connectivity index (χ4v) is 2.56. The SMILES string of the molecule is C[C@H](N)c1ccc(OC[C@H]2CCCN2C)cc1OC(F)F. The number of benzene rings is 1. The van der Waals surface area contributed by atoms with Crippen LogP contribution in [-0.2, 0) is 0 Å². The smallest absolute Gasteiger partial charge is 0.387 e. The van der Waals surface area contributed by atoms with Crippen LogP contribution >= 0.6 is 0 Å². The summed E-state index contributed by atoms with van der Waals surface area (Å²) in [4.78, 5) is 2.24. The van der Waals surface area contributed by atoms with Crippen LogP contribution in [0.5, 0.6) is 11.5 Å². The van der Waals surface area contributed by atoms with E-state index in [0.717, 1.165) is 19.4 Å². The van der Waals surface area contributed by atoms with Crippen molar-refractivity contribution in [1.29, 1.82) is 0 Å². The normalized spacial score (nSPS) is 20.8. The number of likely N-dealkylation sites (N-methyl/N-ethyl adjacent to an activating group) is 1. The zero-order valence-electron chi connectivity index (χ0n) is 12.4. The monoisotopic (exact) mass is 300 g/mol. The van der Waals surface area contributed by atoms with E-state index in [0.29, 0.717) is 24.0 Å². The lowest BCUT2D eigenvalue weighted by atomic mass is 10.1. The van der Waals surface area contributed by atoms with Crippen LogP contribution in [0.15, 0.2) is 18.2 Å². The Labute approximate surface area is 123 Å². The molecule has 1 aliphatic rings. The zero-order valence-corrected chi connectivity index (χ0v) is 12.4. The van der Waals surface area contributed by atoms with Gasteiger partial charge in [0.15, 0.2) is 0 Å². The first kappa shape index (κ1) is 16.0. The summed E-state index contributed by atoms with van der Waals surface area (Å²) in [5.41, 5.74) is 6.30. The van der Waals surface area contributed by atoms with Gasteiger partial charge in [-0.25, -0.2) is 0 Å². The van der Waals surface area contributed by atoms with Crippen LogP contribution in [0.4, 0.5) is 8.78 Å². The number of alkyl halides is 2. The van der Waals surface area contributed by atoms with E-state index in [-0.39, 0.29) is 11.8 Å². The maximum atomic E-state index is 12.5. The first-order valence-corrected chi connectivity index (χ1v) is 7.14. The first-order valence-electron chi connectivity index (χ1n) is 7.14. The van der Waals surface area contributed by atoms with Crippen LogP contribution in [0.3, 0.4) is 0 Å². The molecule has 2 atom stereocenters. The van der Waals surface area contributed by atoms with Crippen molar-refractivity contribution in [3.8, 4) is 11.5 Å².